The number of piperidine rings is 1. The van der Waals surface area contributed by atoms with Gasteiger partial charge in [-0.05, 0) is 37.4 Å². The minimum Gasteiger partial charge on any atom is -0.299 e. The zero-order chi connectivity index (χ0) is 13.2. The summed E-state index contributed by atoms with van der Waals surface area (Å²) in [6.45, 7) is 7.34. The van der Waals surface area contributed by atoms with Crippen LogP contribution in [0.1, 0.15) is 38.7 Å². The Morgan fingerprint density at radius 3 is 2.33 bits per heavy atom. The molecule has 98 valence electrons. The van der Waals surface area contributed by atoms with Crippen LogP contribution in [-0.2, 0) is 6.54 Å². The Hall–Kier alpha value is -1.33. The second-order valence-corrected chi connectivity index (χ2v) is 4.57. The molecule has 0 radical (unpaired) electrons. The topological polar surface area (TPSA) is 27.0 Å². The van der Waals surface area contributed by atoms with Gasteiger partial charge in [0.1, 0.15) is 0 Å². The van der Waals surface area contributed by atoms with Gasteiger partial charge in [-0.25, -0.2) is 0 Å². The van der Waals surface area contributed by atoms with Gasteiger partial charge >= 0.3 is 0 Å². The molecule has 0 aliphatic carbocycles. The molecule has 1 fully saturated rings. The third-order valence-electron chi connectivity index (χ3n) is 3.34. The van der Waals surface area contributed by atoms with Gasteiger partial charge in [-0.1, -0.05) is 44.2 Å². The SMILES string of the molecule is CC.N#CCC1CCN(Cc2ccccc2)CC1. The lowest BCUT2D eigenvalue weighted by atomic mass is 9.94. The highest BCUT2D eigenvalue weighted by atomic mass is 15.1. The fourth-order valence-electron chi connectivity index (χ4n) is 2.32. The van der Waals surface area contributed by atoms with Crippen molar-refractivity contribution >= 4 is 0 Å². The molecule has 2 heteroatoms. The molecule has 1 heterocycles. The summed E-state index contributed by atoms with van der Waals surface area (Å²) in [5.74, 6) is 0.636. The van der Waals surface area contributed by atoms with E-state index in [2.05, 4.69) is 41.3 Å². The molecule has 1 aliphatic rings. The Bertz CT molecular complexity index is 345. The molecule has 1 aliphatic heterocycles. The lowest BCUT2D eigenvalue weighted by molar-refractivity contribution is 0.179. The number of nitriles is 1. The fourth-order valence-corrected chi connectivity index (χ4v) is 2.32. The van der Waals surface area contributed by atoms with E-state index in [1.807, 2.05) is 13.8 Å². The Balaban J connectivity index is 0.000000771. The molecule has 0 unspecified atom stereocenters. The van der Waals surface area contributed by atoms with Gasteiger partial charge in [0.05, 0.1) is 6.07 Å². The monoisotopic (exact) mass is 244 g/mol. The standard InChI is InChI=1S/C14H18N2.C2H6/c15-9-6-13-7-10-16(11-8-13)12-14-4-2-1-3-5-14;1-2/h1-5,13H,6-8,10-12H2;1-2H3. The lowest BCUT2D eigenvalue weighted by Gasteiger charge is -2.30. The fraction of sp³-hybridized carbons (Fsp3) is 0.562. The van der Waals surface area contributed by atoms with Crippen LogP contribution in [0.3, 0.4) is 0 Å². The summed E-state index contributed by atoms with van der Waals surface area (Å²) in [6, 6.07) is 12.9. The molecule has 0 saturated carbocycles. The Morgan fingerprint density at radius 2 is 1.78 bits per heavy atom. The zero-order valence-electron chi connectivity index (χ0n) is 11.6. The van der Waals surface area contributed by atoms with Gasteiger partial charge in [0.2, 0.25) is 0 Å². The predicted octanol–water partition coefficient (Wildman–Crippen LogP) is 3.84. The molecule has 2 nitrogen and oxygen atoms in total. The molecule has 0 amide bonds. The van der Waals surface area contributed by atoms with Gasteiger partial charge in [0.25, 0.3) is 0 Å². The minimum atomic E-state index is 0.636. The molecule has 0 aromatic heterocycles. The van der Waals surface area contributed by atoms with E-state index in [4.69, 9.17) is 5.26 Å². The van der Waals surface area contributed by atoms with E-state index in [1.54, 1.807) is 0 Å². The average molecular weight is 244 g/mol. The van der Waals surface area contributed by atoms with E-state index >= 15 is 0 Å². The van der Waals surface area contributed by atoms with Gasteiger partial charge in [0, 0.05) is 13.0 Å². The quantitative estimate of drug-likeness (QED) is 0.807. The molecule has 0 atom stereocenters. The Morgan fingerprint density at radius 1 is 1.17 bits per heavy atom. The molecule has 0 spiro atoms. The maximum atomic E-state index is 8.66. The van der Waals surface area contributed by atoms with Crippen LogP contribution in [0.15, 0.2) is 30.3 Å². The molecule has 1 aromatic carbocycles. The van der Waals surface area contributed by atoms with E-state index in [0.29, 0.717) is 5.92 Å². The normalized spacial score (nSPS) is 16.5. The number of hydrogen-bond acceptors (Lipinski definition) is 2. The lowest BCUT2D eigenvalue weighted by Crippen LogP contribution is -2.33. The van der Waals surface area contributed by atoms with E-state index < -0.39 is 0 Å². The first-order chi connectivity index (χ1) is 8.88. The predicted molar refractivity (Wildman–Crippen MR) is 76.0 cm³/mol. The van der Waals surface area contributed by atoms with Crippen LogP contribution in [0.5, 0.6) is 0 Å². The third kappa shape index (κ3) is 4.89. The van der Waals surface area contributed by atoms with Crippen molar-refractivity contribution in [3.8, 4) is 6.07 Å². The van der Waals surface area contributed by atoms with Crippen LogP contribution in [-0.4, -0.2) is 18.0 Å². The highest BCUT2D eigenvalue weighted by Crippen LogP contribution is 2.21. The summed E-state index contributed by atoms with van der Waals surface area (Å²) in [5.41, 5.74) is 1.39. The smallest absolute Gasteiger partial charge is 0.0624 e. The van der Waals surface area contributed by atoms with E-state index in [0.717, 1.165) is 26.1 Å². The Labute approximate surface area is 111 Å². The first kappa shape index (κ1) is 14.7. The van der Waals surface area contributed by atoms with E-state index in [1.165, 1.54) is 18.4 Å². The molecule has 1 saturated heterocycles. The van der Waals surface area contributed by atoms with Crippen LogP contribution in [0, 0.1) is 17.2 Å². The summed E-state index contributed by atoms with van der Waals surface area (Å²) in [5, 5.41) is 8.66. The van der Waals surface area contributed by atoms with Crippen molar-refractivity contribution in [2.45, 2.75) is 39.7 Å². The average Bonchev–Trinajstić information content (AvgIpc) is 2.45. The summed E-state index contributed by atoms with van der Waals surface area (Å²) in [7, 11) is 0. The number of benzene rings is 1. The first-order valence-electron chi connectivity index (χ1n) is 7.01. The number of likely N-dealkylation sites (tertiary alicyclic amines) is 1. The molecule has 2 rings (SSSR count). The maximum Gasteiger partial charge on any atom is 0.0624 e. The molecule has 1 aromatic rings. The van der Waals surface area contributed by atoms with Crippen molar-refractivity contribution in [1.29, 1.82) is 5.26 Å². The van der Waals surface area contributed by atoms with Crippen molar-refractivity contribution in [2.24, 2.45) is 5.92 Å². The number of nitrogens with zero attached hydrogens (tertiary/aromatic N) is 2. The minimum absolute atomic E-state index is 0.636. The van der Waals surface area contributed by atoms with Crippen molar-refractivity contribution in [1.82, 2.24) is 4.90 Å². The van der Waals surface area contributed by atoms with Gasteiger partial charge in [-0.3, -0.25) is 4.90 Å². The molecule has 18 heavy (non-hydrogen) atoms. The highest BCUT2D eigenvalue weighted by molar-refractivity contribution is 5.14. The van der Waals surface area contributed by atoms with Crippen LogP contribution < -0.4 is 0 Å². The summed E-state index contributed by atoms with van der Waals surface area (Å²) >= 11 is 0. The van der Waals surface area contributed by atoms with Gasteiger partial charge < -0.3 is 0 Å². The second kappa shape index (κ2) is 8.72. The third-order valence-corrected chi connectivity index (χ3v) is 3.34. The van der Waals surface area contributed by atoms with Crippen molar-refractivity contribution in [3.05, 3.63) is 35.9 Å². The van der Waals surface area contributed by atoms with Crippen LogP contribution in [0.4, 0.5) is 0 Å². The molecule has 0 N–H and O–H groups in total. The van der Waals surface area contributed by atoms with E-state index in [-0.39, 0.29) is 0 Å². The number of hydrogen-bond donors (Lipinski definition) is 0. The largest absolute Gasteiger partial charge is 0.299 e. The Kier molecular flexibility index (Phi) is 7.13. The first-order valence-corrected chi connectivity index (χ1v) is 7.01. The maximum absolute atomic E-state index is 8.66. The van der Waals surface area contributed by atoms with Crippen molar-refractivity contribution in [2.75, 3.05) is 13.1 Å². The number of rotatable bonds is 3. The van der Waals surface area contributed by atoms with Gasteiger partial charge in [-0.2, -0.15) is 5.26 Å². The summed E-state index contributed by atoms with van der Waals surface area (Å²) in [6.07, 6.45) is 3.10. The zero-order valence-corrected chi connectivity index (χ0v) is 11.6. The molecular formula is C16H24N2. The van der Waals surface area contributed by atoms with Gasteiger partial charge in [0.15, 0.2) is 0 Å². The van der Waals surface area contributed by atoms with Crippen molar-refractivity contribution in [3.63, 3.8) is 0 Å². The van der Waals surface area contributed by atoms with Crippen LogP contribution in [0.25, 0.3) is 0 Å². The van der Waals surface area contributed by atoms with Crippen LogP contribution in [0.2, 0.25) is 0 Å². The molecular weight excluding hydrogens is 220 g/mol. The van der Waals surface area contributed by atoms with Crippen LogP contribution >= 0.6 is 0 Å². The van der Waals surface area contributed by atoms with Gasteiger partial charge in [-0.15, -0.1) is 0 Å². The van der Waals surface area contributed by atoms with E-state index in [9.17, 15) is 0 Å². The molecule has 0 bridgehead atoms. The van der Waals surface area contributed by atoms with Crippen molar-refractivity contribution < 1.29 is 0 Å². The second-order valence-electron chi connectivity index (χ2n) is 4.57. The summed E-state index contributed by atoms with van der Waals surface area (Å²) in [4.78, 5) is 2.49. The highest BCUT2D eigenvalue weighted by Gasteiger charge is 2.18. The summed E-state index contributed by atoms with van der Waals surface area (Å²) < 4.78 is 0.